The van der Waals surface area contributed by atoms with Crippen molar-refractivity contribution in [3.63, 3.8) is 0 Å². The van der Waals surface area contributed by atoms with Gasteiger partial charge in [0.1, 0.15) is 5.75 Å². The van der Waals surface area contributed by atoms with Crippen LogP contribution in [-0.4, -0.2) is 44.8 Å². The molecule has 6 rings (SSSR count). The van der Waals surface area contributed by atoms with Gasteiger partial charge in [0.2, 0.25) is 0 Å². The molecular weight excluding hydrogens is 434 g/mol. The minimum Gasteiger partial charge on any atom is -0.493 e. The molecule has 172 valence electrons. The number of aryl methyl sites for hydroxylation is 3. The number of aromatic nitrogens is 3. The van der Waals surface area contributed by atoms with Crippen molar-refractivity contribution in [2.45, 2.75) is 64.7 Å². The molecular formula is C25H29N5O2S. The van der Waals surface area contributed by atoms with Crippen molar-refractivity contribution < 1.29 is 9.53 Å². The Morgan fingerprint density at radius 1 is 1.30 bits per heavy atom. The van der Waals surface area contributed by atoms with Crippen molar-refractivity contribution >= 4 is 17.2 Å². The number of nitrogens with one attached hydrogen (secondary N) is 1. The van der Waals surface area contributed by atoms with Crippen LogP contribution in [0.25, 0.3) is 0 Å². The van der Waals surface area contributed by atoms with Gasteiger partial charge in [-0.15, -0.1) is 11.3 Å². The van der Waals surface area contributed by atoms with Gasteiger partial charge in [0.15, 0.2) is 5.69 Å². The predicted molar refractivity (Wildman–Crippen MR) is 127 cm³/mol. The number of ether oxygens (including phenoxy) is 1. The Morgan fingerprint density at radius 2 is 2.21 bits per heavy atom. The SMILES string of the molecule is Cc1ncsc1CCn1nc(C(=O)NC2CC2)c2c1CCN(Cc1ccc3c(c1)CCO3)C2. The Hall–Kier alpha value is -2.71. The molecule has 0 atom stereocenters. The lowest BCUT2D eigenvalue weighted by Gasteiger charge is -2.28. The largest absolute Gasteiger partial charge is 0.493 e. The second-order valence-corrected chi connectivity index (χ2v) is 10.3. The summed E-state index contributed by atoms with van der Waals surface area (Å²) in [5.41, 5.74) is 8.55. The van der Waals surface area contributed by atoms with E-state index in [0.717, 1.165) is 81.9 Å². The summed E-state index contributed by atoms with van der Waals surface area (Å²) in [6.45, 7) is 6.23. The average Bonchev–Trinajstić information content (AvgIpc) is 3.19. The van der Waals surface area contributed by atoms with Gasteiger partial charge in [-0.1, -0.05) is 12.1 Å². The predicted octanol–water partition coefficient (Wildman–Crippen LogP) is 3.28. The van der Waals surface area contributed by atoms with Gasteiger partial charge in [0.25, 0.3) is 5.91 Å². The number of benzene rings is 1. The van der Waals surface area contributed by atoms with Gasteiger partial charge < -0.3 is 10.1 Å². The van der Waals surface area contributed by atoms with E-state index in [1.165, 1.54) is 21.7 Å². The summed E-state index contributed by atoms with van der Waals surface area (Å²) in [6, 6.07) is 6.87. The van der Waals surface area contributed by atoms with Crippen LogP contribution >= 0.6 is 11.3 Å². The molecule has 2 aromatic heterocycles. The van der Waals surface area contributed by atoms with Crippen molar-refractivity contribution in [1.29, 1.82) is 0 Å². The average molecular weight is 464 g/mol. The molecule has 3 aliphatic rings. The lowest BCUT2D eigenvalue weighted by atomic mass is 10.0. The van der Waals surface area contributed by atoms with Crippen LogP contribution in [-0.2, 0) is 38.9 Å². The first-order valence-electron chi connectivity index (χ1n) is 11.9. The molecule has 1 N–H and O–H groups in total. The van der Waals surface area contributed by atoms with Crippen molar-refractivity contribution in [1.82, 2.24) is 25.0 Å². The highest BCUT2D eigenvalue weighted by Gasteiger charge is 2.31. The van der Waals surface area contributed by atoms with Crippen LogP contribution in [0.3, 0.4) is 0 Å². The number of rotatable bonds is 7. The molecule has 0 saturated heterocycles. The molecule has 8 heteroatoms. The van der Waals surface area contributed by atoms with Gasteiger partial charge in [0, 0.05) is 67.6 Å². The zero-order valence-corrected chi connectivity index (χ0v) is 19.8. The molecule has 0 radical (unpaired) electrons. The summed E-state index contributed by atoms with van der Waals surface area (Å²) in [6.07, 6.45) is 4.95. The highest BCUT2D eigenvalue weighted by Crippen LogP contribution is 2.29. The van der Waals surface area contributed by atoms with Crippen molar-refractivity contribution in [2.75, 3.05) is 13.2 Å². The molecule has 0 spiro atoms. The first-order valence-corrected chi connectivity index (χ1v) is 12.8. The fourth-order valence-electron chi connectivity index (χ4n) is 4.90. The zero-order chi connectivity index (χ0) is 22.4. The van der Waals surface area contributed by atoms with Gasteiger partial charge in [-0.05, 0) is 37.0 Å². The molecule has 2 aliphatic heterocycles. The maximum Gasteiger partial charge on any atom is 0.272 e. The number of carbonyl (C=O) groups is 1. The third-order valence-corrected chi connectivity index (χ3v) is 7.89. The number of thiazole rings is 1. The fourth-order valence-corrected chi connectivity index (χ4v) is 5.67. The number of carbonyl (C=O) groups excluding carboxylic acids is 1. The third kappa shape index (κ3) is 4.29. The summed E-state index contributed by atoms with van der Waals surface area (Å²) in [5.74, 6) is 1.01. The van der Waals surface area contributed by atoms with E-state index in [2.05, 4.69) is 45.0 Å². The monoisotopic (exact) mass is 463 g/mol. The molecule has 3 aromatic rings. The Balaban J connectivity index is 1.23. The van der Waals surface area contributed by atoms with Gasteiger partial charge in [-0.2, -0.15) is 5.10 Å². The molecule has 1 aliphatic carbocycles. The van der Waals surface area contributed by atoms with Gasteiger partial charge in [-0.3, -0.25) is 14.4 Å². The molecule has 1 saturated carbocycles. The Bertz CT molecular complexity index is 1200. The number of hydrogen-bond acceptors (Lipinski definition) is 6. The van der Waals surface area contributed by atoms with E-state index in [-0.39, 0.29) is 5.91 Å². The van der Waals surface area contributed by atoms with E-state index < -0.39 is 0 Å². The summed E-state index contributed by atoms with van der Waals surface area (Å²) in [5, 5.41) is 7.99. The molecule has 7 nitrogen and oxygen atoms in total. The van der Waals surface area contributed by atoms with E-state index in [4.69, 9.17) is 9.84 Å². The minimum atomic E-state index is -0.0157. The zero-order valence-electron chi connectivity index (χ0n) is 19.0. The molecule has 4 heterocycles. The lowest BCUT2D eigenvalue weighted by Crippen LogP contribution is -2.33. The number of fused-ring (bicyclic) bond motifs is 2. The normalized spacial score (nSPS) is 17.5. The van der Waals surface area contributed by atoms with Gasteiger partial charge >= 0.3 is 0 Å². The Kier molecular flexibility index (Phi) is 5.42. The van der Waals surface area contributed by atoms with Gasteiger partial charge in [-0.25, -0.2) is 4.98 Å². The topological polar surface area (TPSA) is 72.3 Å². The summed E-state index contributed by atoms with van der Waals surface area (Å²) in [4.78, 5) is 21.1. The number of nitrogens with zero attached hydrogens (tertiary/aromatic N) is 4. The van der Waals surface area contributed by atoms with Crippen LogP contribution < -0.4 is 10.1 Å². The van der Waals surface area contributed by atoms with Crippen molar-refractivity contribution in [3.05, 3.63) is 62.4 Å². The highest BCUT2D eigenvalue weighted by molar-refractivity contribution is 7.09. The highest BCUT2D eigenvalue weighted by atomic mass is 32.1. The maximum absolute atomic E-state index is 13.0. The van der Waals surface area contributed by atoms with Gasteiger partial charge in [0.05, 0.1) is 17.8 Å². The van der Waals surface area contributed by atoms with Crippen molar-refractivity contribution in [2.24, 2.45) is 0 Å². The molecule has 0 bridgehead atoms. The van der Waals surface area contributed by atoms with Crippen LogP contribution in [0.15, 0.2) is 23.7 Å². The van der Waals surface area contributed by atoms with E-state index in [1.54, 1.807) is 11.3 Å². The molecule has 1 aromatic carbocycles. The Labute approximate surface area is 197 Å². The van der Waals surface area contributed by atoms with E-state index in [0.29, 0.717) is 11.7 Å². The summed E-state index contributed by atoms with van der Waals surface area (Å²) in [7, 11) is 0. The lowest BCUT2D eigenvalue weighted by molar-refractivity contribution is 0.0943. The van der Waals surface area contributed by atoms with Crippen LogP contribution in [0.5, 0.6) is 5.75 Å². The third-order valence-electron chi connectivity index (χ3n) is 6.90. The van der Waals surface area contributed by atoms with E-state index in [1.807, 2.05) is 5.51 Å². The minimum absolute atomic E-state index is 0.0157. The second-order valence-electron chi connectivity index (χ2n) is 9.36. The fraction of sp³-hybridized carbons (Fsp3) is 0.480. The standard InChI is InChI=1S/C25H29N5O2S/c1-16-23(33-15-26-16)7-10-30-21-6-9-29(13-17-2-5-22-18(12-17)8-11-32-22)14-20(21)24(28-30)25(31)27-19-3-4-19/h2,5,12,15,19H,3-4,6-11,13-14H2,1H3,(H,27,31). The number of hydrogen-bond donors (Lipinski definition) is 1. The molecule has 33 heavy (non-hydrogen) atoms. The van der Waals surface area contributed by atoms with E-state index in [9.17, 15) is 4.79 Å². The molecule has 0 unspecified atom stereocenters. The first-order chi connectivity index (χ1) is 16.1. The van der Waals surface area contributed by atoms with Crippen LogP contribution in [0.2, 0.25) is 0 Å². The number of amides is 1. The van der Waals surface area contributed by atoms with Crippen LogP contribution in [0.4, 0.5) is 0 Å². The molecule has 1 fully saturated rings. The van der Waals surface area contributed by atoms with E-state index >= 15 is 0 Å². The smallest absolute Gasteiger partial charge is 0.272 e. The second kappa shape index (κ2) is 8.57. The quantitative estimate of drug-likeness (QED) is 0.582. The first kappa shape index (κ1) is 20.9. The maximum atomic E-state index is 13.0. The van der Waals surface area contributed by atoms with Crippen molar-refractivity contribution in [3.8, 4) is 5.75 Å². The molecule has 1 amide bonds. The summed E-state index contributed by atoms with van der Waals surface area (Å²) >= 11 is 1.70. The van der Waals surface area contributed by atoms with Crippen LogP contribution in [0, 0.1) is 6.92 Å². The Morgan fingerprint density at radius 3 is 3.03 bits per heavy atom. The van der Waals surface area contributed by atoms with Crippen LogP contribution in [0.1, 0.15) is 56.3 Å². The summed E-state index contributed by atoms with van der Waals surface area (Å²) < 4.78 is 7.74.